The first-order valence-electron chi connectivity index (χ1n) is 20.1. The van der Waals surface area contributed by atoms with Crippen LogP contribution >= 0.6 is 0 Å². The van der Waals surface area contributed by atoms with E-state index in [0.717, 1.165) is 39.4 Å². The largest absolute Gasteiger partial charge is 2.00 e. The first kappa shape index (κ1) is 39.8. The van der Waals surface area contributed by atoms with Crippen LogP contribution in [0.5, 0.6) is 11.5 Å². The zero-order valence-corrected chi connectivity index (χ0v) is 37.9. The molecule has 3 aliphatic rings. The number of nitrogens with zero attached hydrogens (tertiary/aromatic N) is 3. The summed E-state index contributed by atoms with van der Waals surface area (Å²) < 4.78 is 13.8. The molecule has 0 fully saturated rings. The molecule has 9 rings (SSSR count). The first-order chi connectivity index (χ1) is 27.0. The predicted octanol–water partition coefficient (Wildman–Crippen LogP) is 13.1. The molecule has 3 heterocycles. The van der Waals surface area contributed by atoms with E-state index in [4.69, 9.17) is 19.5 Å². The van der Waals surface area contributed by atoms with E-state index in [1.165, 1.54) is 55.6 Å². The average Bonchev–Trinajstić information content (AvgIpc) is 3.51. The van der Waals surface area contributed by atoms with Crippen LogP contribution in [0.3, 0.4) is 0 Å². The van der Waals surface area contributed by atoms with Crippen LogP contribution in [0.15, 0.2) is 90.1 Å². The van der Waals surface area contributed by atoms with E-state index in [1.807, 2.05) is 12.3 Å². The summed E-state index contributed by atoms with van der Waals surface area (Å²) in [5, 5.41) is 0. The Balaban J connectivity index is 0.00000469. The van der Waals surface area contributed by atoms with Gasteiger partial charge in [0.25, 0.3) is 0 Å². The number of ether oxygens (including phenoxy) is 2. The minimum absolute atomic E-state index is 0. The van der Waals surface area contributed by atoms with Crippen LogP contribution < -0.4 is 9.64 Å². The second-order valence-corrected chi connectivity index (χ2v) is 18.3. The van der Waals surface area contributed by atoms with E-state index in [9.17, 15) is 0 Å². The number of hydrogen-bond acceptors (Lipinski definition) is 5. The number of hydrogen-bond donors (Lipinski definition) is 0. The summed E-state index contributed by atoms with van der Waals surface area (Å²) in [7, 11) is 0. The maximum absolute atomic E-state index is 7.02. The Bertz CT molecular complexity index is 2700. The summed E-state index contributed by atoms with van der Waals surface area (Å²) in [5.74, 6) is 2.66. The van der Waals surface area contributed by atoms with Crippen molar-refractivity contribution in [3.8, 4) is 22.6 Å². The number of fused-ring (bicyclic) bond motifs is 8. The van der Waals surface area contributed by atoms with Gasteiger partial charge < -0.3 is 14.4 Å². The number of anilines is 3. The molecule has 2 aliphatic heterocycles. The normalized spacial score (nSPS) is 18.4. The standard InChI is InChI=1S/C52H51N3O2.Pt/c1-29-21-33(5)46-38(23-29)48-52(12,41-24-30(2)22-34(6)47(41)46)54-49(57-48)37-28-44(32(4)25-31(37)3)56-36-17-18-40-43(27-36)55(42-16-14-13-15-39(42)51(40,10)11)45-26-35(19-20-53-45)50(7,8)9;/h13-26,48H,1-12H3;/q-2;+2/t48-,52+;/m0./s1. The number of benzene rings is 5. The molecular formula is C52H51N3O2Pt. The molecule has 0 spiro atoms. The first-order valence-corrected chi connectivity index (χ1v) is 20.1. The maximum atomic E-state index is 7.02. The number of rotatable bonds is 4. The Hall–Kier alpha value is -4.99. The third-order valence-electron chi connectivity index (χ3n) is 12.4. The van der Waals surface area contributed by atoms with Gasteiger partial charge in [-0.25, -0.2) is 4.98 Å². The SMILES string of the molecule is Cc1cc(C)c2c(c1)[C@@H]1OC(c3[c-]c(Oc4[c-]c5c(cc4)C(C)(C)c4ccccc4N5c4cc(C(C)(C)C)ccn4)c(C)cc3C)=N[C@]1(C)c1cc(C)cc(C)c1-2.[Pt+2]. The van der Waals surface area contributed by atoms with Crippen molar-refractivity contribution in [1.29, 1.82) is 0 Å². The van der Waals surface area contributed by atoms with Gasteiger partial charge in [-0.1, -0.05) is 125 Å². The van der Waals surface area contributed by atoms with E-state index in [-0.39, 0.29) is 38.0 Å². The number of aromatic nitrogens is 1. The zero-order valence-electron chi connectivity index (χ0n) is 35.6. The van der Waals surface area contributed by atoms with Gasteiger partial charge in [0, 0.05) is 28.9 Å². The molecule has 0 N–H and O–H groups in total. The second kappa shape index (κ2) is 13.8. The van der Waals surface area contributed by atoms with Gasteiger partial charge in [0.1, 0.15) is 23.4 Å². The van der Waals surface area contributed by atoms with E-state index in [0.29, 0.717) is 17.4 Å². The molecule has 296 valence electrons. The van der Waals surface area contributed by atoms with E-state index >= 15 is 0 Å². The predicted molar refractivity (Wildman–Crippen MR) is 232 cm³/mol. The van der Waals surface area contributed by atoms with E-state index in [2.05, 4.69) is 173 Å². The second-order valence-electron chi connectivity index (χ2n) is 18.3. The van der Waals surface area contributed by atoms with Crippen molar-refractivity contribution in [2.45, 2.75) is 106 Å². The number of aliphatic imine (C=N–C) groups is 1. The van der Waals surface area contributed by atoms with Crippen molar-refractivity contribution in [3.63, 3.8) is 0 Å². The summed E-state index contributed by atoms with van der Waals surface area (Å²) in [6, 6.07) is 35.8. The van der Waals surface area contributed by atoms with Crippen molar-refractivity contribution >= 4 is 23.1 Å². The number of para-hydroxylation sites is 1. The Labute approximate surface area is 358 Å². The molecule has 58 heavy (non-hydrogen) atoms. The molecular weight excluding hydrogens is 894 g/mol. The molecule has 1 aliphatic carbocycles. The van der Waals surface area contributed by atoms with Gasteiger partial charge in [0.15, 0.2) is 0 Å². The van der Waals surface area contributed by atoms with E-state index in [1.54, 1.807) is 0 Å². The molecule has 6 aromatic rings. The molecule has 6 heteroatoms. The van der Waals surface area contributed by atoms with Gasteiger partial charge >= 0.3 is 21.1 Å². The third-order valence-corrected chi connectivity index (χ3v) is 12.4. The van der Waals surface area contributed by atoms with Crippen LogP contribution in [0.25, 0.3) is 11.1 Å². The quantitative estimate of drug-likeness (QED) is 0.165. The molecule has 2 atom stereocenters. The molecule has 0 saturated heterocycles. The summed E-state index contributed by atoms with van der Waals surface area (Å²) in [6.45, 7) is 26.4. The fourth-order valence-electron chi connectivity index (χ4n) is 9.58. The fourth-order valence-corrected chi connectivity index (χ4v) is 9.58. The zero-order chi connectivity index (χ0) is 40.3. The van der Waals surface area contributed by atoms with Gasteiger partial charge in [0.05, 0.1) is 0 Å². The molecule has 0 bridgehead atoms. The maximum Gasteiger partial charge on any atom is 2.00 e. The van der Waals surface area contributed by atoms with Crippen LogP contribution in [-0.2, 0) is 42.2 Å². The van der Waals surface area contributed by atoms with Gasteiger partial charge in [-0.15, -0.1) is 29.3 Å². The Morgan fingerprint density at radius 1 is 0.724 bits per heavy atom. The van der Waals surface area contributed by atoms with Crippen LogP contribution in [0.1, 0.15) is 114 Å². The van der Waals surface area contributed by atoms with Crippen molar-refractivity contribution < 1.29 is 30.5 Å². The summed E-state index contributed by atoms with van der Waals surface area (Å²) >= 11 is 0. The topological polar surface area (TPSA) is 47.0 Å². The van der Waals surface area contributed by atoms with Crippen LogP contribution in [0.2, 0.25) is 0 Å². The average molecular weight is 945 g/mol. The smallest absolute Gasteiger partial charge is 0.509 e. The van der Waals surface area contributed by atoms with Gasteiger partial charge in [0.2, 0.25) is 0 Å². The van der Waals surface area contributed by atoms with Crippen molar-refractivity contribution in [2.24, 2.45) is 4.99 Å². The minimum Gasteiger partial charge on any atom is -0.509 e. The number of pyridine rings is 1. The third kappa shape index (κ3) is 6.15. The Morgan fingerprint density at radius 2 is 1.43 bits per heavy atom. The summed E-state index contributed by atoms with van der Waals surface area (Å²) in [5.41, 5.74) is 17.4. The summed E-state index contributed by atoms with van der Waals surface area (Å²) in [6.07, 6.45) is 1.64. The van der Waals surface area contributed by atoms with Crippen LogP contribution in [-0.4, -0.2) is 10.9 Å². The fraction of sp³-hybridized carbons (Fsp3) is 0.308. The van der Waals surface area contributed by atoms with Gasteiger partial charge in [-0.2, -0.15) is 6.07 Å². The van der Waals surface area contributed by atoms with Crippen LogP contribution in [0, 0.1) is 53.7 Å². The Kier molecular flexibility index (Phi) is 9.48. The molecule has 0 radical (unpaired) electrons. The summed E-state index contributed by atoms with van der Waals surface area (Å²) in [4.78, 5) is 12.6. The minimum atomic E-state index is -0.613. The van der Waals surface area contributed by atoms with Crippen molar-refractivity contribution in [3.05, 3.63) is 164 Å². The van der Waals surface area contributed by atoms with Crippen molar-refractivity contribution in [2.75, 3.05) is 4.90 Å². The monoisotopic (exact) mass is 944 g/mol. The molecule has 5 nitrogen and oxygen atoms in total. The molecule has 5 aromatic carbocycles. The van der Waals surface area contributed by atoms with Gasteiger partial charge in [-0.3, -0.25) is 4.99 Å². The molecule has 0 amide bonds. The molecule has 1 aromatic heterocycles. The molecule has 0 saturated carbocycles. The Morgan fingerprint density at radius 3 is 2.17 bits per heavy atom. The van der Waals surface area contributed by atoms with Crippen molar-refractivity contribution in [1.82, 2.24) is 4.98 Å². The number of aryl methyl sites for hydroxylation is 6. The van der Waals surface area contributed by atoms with Crippen LogP contribution in [0.4, 0.5) is 17.2 Å². The molecule has 0 unspecified atom stereocenters. The van der Waals surface area contributed by atoms with Gasteiger partial charge in [-0.05, 0) is 103 Å². The van der Waals surface area contributed by atoms with E-state index < -0.39 is 5.54 Å².